The summed E-state index contributed by atoms with van der Waals surface area (Å²) < 4.78 is 0. The first-order chi connectivity index (χ1) is 8.22. The van der Waals surface area contributed by atoms with Gasteiger partial charge in [-0.25, -0.2) is 0 Å². The van der Waals surface area contributed by atoms with Gasteiger partial charge in [-0.15, -0.1) is 0 Å². The molecule has 0 aliphatic carbocycles. The van der Waals surface area contributed by atoms with E-state index in [-0.39, 0.29) is 5.91 Å². The van der Waals surface area contributed by atoms with E-state index in [0.29, 0.717) is 25.4 Å². The van der Waals surface area contributed by atoms with E-state index in [1.54, 1.807) is 6.20 Å². The van der Waals surface area contributed by atoms with Gasteiger partial charge in [0.15, 0.2) is 0 Å². The minimum atomic E-state index is 0.106. The van der Waals surface area contributed by atoms with Crippen LogP contribution >= 0.6 is 0 Å². The predicted octanol–water partition coefficient (Wildman–Crippen LogP) is 1.12. The quantitative estimate of drug-likeness (QED) is 0.744. The van der Waals surface area contributed by atoms with Crippen LogP contribution in [0.15, 0.2) is 24.5 Å². The highest BCUT2D eigenvalue weighted by atomic mass is 16.1. The molecule has 0 bridgehead atoms. The Morgan fingerprint density at radius 2 is 2.41 bits per heavy atom. The van der Waals surface area contributed by atoms with Gasteiger partial charge in [0.25, 0.3) is 0 Å². The fraction of sp³-hybridized carbons (Fsp3) is 0.538. The van der Waals surface area contributed by atoms with E-state index in [0.717, 1.165) is 18.4 Å². The third kappa shape index (κ3) is 6.02. The molecule has 1 rings (SSSR count). The van der Waals surface area contributed by atoms with Gasteiger partial charge >= 0.3 is 0 Å². The van der Waals surface area contributed by atoms with Crippen LogP contribution < -0.4 is 11.1 Å². The predicted molar refractivity (Wildman–Crippen MR) is 68.4 cm³/mol. The van der Waals surface area contributed by atoms with Crippen LogP contribution in [0, 0.1) is 5.92 Å². The van der Waals surface area contributed by atoms with Gasteiger partial charge in [0.1, 0.15) is 0 Å². The molecule has 0 fully saturated rings. The molecule has 4 nitrogen and oxygen atoms in total. The minimum Gasteiger partial charge on any atom is -0.356 e. The molecule has 1 amide bonds. The van der Waals surface area contributed by atoms with Crippen LogP contribution in [0.4, 0.5) is 0 Å². The van der Waals surface area contributed by atoms with Crippen molar-refractivity contribution in [1.29, 1.82) is 0 Å². The normalized spacial score (nSPS) is 12.1. The molecule has 1 heterocycles. The van der Waals surface area contributed by atoms with Crippen molar-refractivity contribution >= 4 is 5.91 Å². The molecule has 0 aromatic carbocycles. The lowest BCUT2D eigenvalue weighted by atomic mass is 10.1. The number of carbonyl (C=O) groups excluding carboxylic acids is 1. The van der Waals surface area contributed by atoms with Crippen molar-refractivity contribution in [2.45, 2.75) is 26.2 Å². The van der Waals surface area contributed by atoms with Gasteiger partial charge in [-0.05, 0) is 36.9 Å². The highest BCUT2D eigenvalue weighted by Crippen LogP contribution is 2.02. The Morgan fingerprint density at radius 3 is 3.06 bits per heavy atom. The second kappa shape index (κ2) is 7.79. The summed E-state index contributed by atoms with van der Waals surface area (Å²) >= 11 is 0. The maximum Gasteiger partial charge on any atom is 0.220 e. The van der Waals surface area contributed by atoms with Crippen molar-refractivity contribution in [2.75, 3.05) is 13.1 Å². The molecule has 0 spiro atoms. The second-order valence-corrected chi connectivity index (χ2v) is 4.34. The standard InChI is InChI=1S/C13H21N3O/c1-11(9-14)4-5-13(17)16-8-6-12-3-2-7-15-10-12/h2-3,7,10-11H,4-6,8-9,14H2,1H3,(H,16,17). The largest absolute Gasteiger partial charge is 0.356 e. The Hall–Kier alpha value is -1.42. The van der Waals surface area contributed by atoms with Crippen LogP contribution in [0.5, 0.6) is 0 Å². The average molecular weight is 235 g/mol. The maximum absolute atomic E-state index is 11.5. The van der Waals surface area contributed by atoms with Gasteiger partial charge in [-0.1, -0.05) is 13.0 Å². The molecular formula is C13H21N3O. The molecule has 1 aromatic rings. The second-order valence-electron chi connectivity index (χ2n) is 4.34. The maximum atomic E-state index is 11.5. The monoisotopic (exact) mass is 235 g/mol. The third-order valence-electron chi connectivity index (χ3n) is 2.73. The van der Waals surface area contributed by atoms with Gasteiger partial charge in [-0.2, -0.15) is 0 Å². The molecule has 17 heavy (non-hydrogen) atoms. The van der Waals surface area contributed by atoms with Crippen molar-refractivity contribution in [3.05, 3.63) is 30.1 Å². The topological polar surface area (TPSA) is 68.0 Å². The van der Waals surface area contributed by atoms with Crippen molar-refractivity contribution in [1.82, 2.24) is 10.3 Å². The Labute approximate surface area is 103 Å². The number of amides is 1. The summed E-state index contributed by atoms with van der Waals surface area (Å²) in [7, 11) is 0. The van der Waals surface area contributed by atoms with Gasteiger partial charge in [-0.3, -0.25) is 9.78 Å². The number of hydrogen-bond donors (Lipinski definition) is 2. The number of pyridine rings is 1. The minimum absolute atomic E-state index is 0.106. The smallest absolute Gasteiger partial charge is 0.220 e. The molecule has 0 aliphatic rings. The molecule has 1 aromatic heterocycles. The molecule has 0 saturated carbocycles. The summed E-state index contributed by atoms with van der Waals surface area (Å²) in [6.45, 7) is 3.37. The summed E-state index contributed by atoms with van der Waals surface area (Å²) in [6, 6.07) is 3.91. The summed E-state index contributed by atoms with van der Waals surface area (Å²) in [6.07, 6.45) is 5.81. The van der Waals surface area contributed by atoms with Gasteiger partial charge in [0, 0.05) is 25.4 Å². The highest BCUT2D eigenvalue weighted by Gasteiger charge is 2.04. The van der Waals surface area contributed by atoms with Crippen molar-refractivity contribution < 1.29 is 4.79 Å². The fourth-order valence-electron chi connectivity index (χ4n) is 1.48. The Balaban J connectivity index is 2.12. The van der Waals surface area contributed by atoms with Crippen molar-refractivity contribution in [3.63, 3.8) is 0 Å². The number of carbonyl (C=O) groups is 1. The molecule has 4 heteroatoms. The Bertz CT molecular complexity index is 327. The average Bonchev–Trinajstić information content (AvgIpc) is 2.37. The summed E-state index contributed by atoms with van der Waals surface area (Å²) in [5, 5.41) is 2.90. The van der Waals surface area contributed by atoms with E-state index in [1.807, 2.05) is 18.3 Å². The number of hydrogen-bond acceptors (Lipinski definition) is 3. The van der Waals surface area contributed by atoms with Crippen LogP contribution in [0.25, 0.3) is 0 Å². The zero-order valence-electron chi connectivity index (χ0n) is 10.4. The van der Waals surface area contributed by atoms with Gasteiger partial charge < -0.3 is 11.1 Å². The summed E-state index contributed by atoms with van der Waals surface area (Å²) in [4.78, 5) is 15.5. The fourth-order valence-corrected chi connectivity index (χ4v) is 1.48. The van der Waals surface area contributed by atoms with Crippen LogP contribution in [0.1, 0.15) is 25.3 Å². The summed E-state index contributed by atoms with van der Waals surface area (Å²) in [5.41, 5.74) is 6.64. The first-order valence-electron chi connectivity index (χ1n) is 6.08. The van der Waals surface area contributed by atoms with Crippen molar-refractivity contribution in [3.8, 4) is 0 Å². The van der Waals surface area contributed by atoms with Gasteiger partial charge in [0.2, 0.25) is 5.91 Å². The summed E-state index contributed by atoms with van der Waals surface area (Å²) in [5.74, 6) is 0.522. The molecule has 94 valence electrons. The number of aromatic nitrogens is 1. The van der Waals surface area contributed by atoms with E-state index in [1.165, 1.54) is 0 Å². The third-order valence-corrected chi connectivity index (χ3v) is 2.73. The number of nitrogens with two attached hydrogens (primary N) is 1. The molecule has 0 radical (unpaired) electrons. The first kappa shape index (κ1) is 13.6. The molecule has 0 saturated heterocycles. The van der Waals surface area contributed by atoms with E-state index < -0.39 is 0 Å². The molecule has 3 N–H and O–H groups in total. The molecular weight excluding hydrogens is 214 g/mol. The van der Waals surface area contributed by atoms with Crippen LogP contribution in [0.2, 0.25) is 0 Å². The Morgan fingerprint density at radius 1 is 1.59 bits per heavy atom. The lowest BCUT2D eigenvalue weighted by Crippen LogP contribution is -2.26. The number of nitrogens with one attached hydrogen (secondary N) is 1. The lowest BCUT2D eigenvalue weighted by Gasteiger charge is -2.08. The van der Waals surface area contributed by atoms with Crippen LogP contribution in [0.3, 0.4) is 0 Å². The van der Waals surface area contributed by atoms with Crippen molar-refractivity contribution in [2.24, 2.45) is 11.7 Å². The van der Waals surface area contributed by atoms with Crippen LogP contribution in [-0.2, 0) is 11.2 Å². The number of rotatable bonds is 7. The number of nitrogens with zero attached hydrogens (tertiary/aromatic N) is 1. The molecule has 0 aliphatic heterocycles. The highest BCUT2D eigenvalue weighted by molar-refractivity contribution is 5.75. The lowest BCUT2D eigenvalue weighted by molar-refractivity contribution is -0.121. The molecule has 1 atom stereocenters. The first-order valence-corrected chi connectivity index (χ1v) is 6.08. The zero-order chi connectivity index (χ0) is 12.5. The van der Waals surface area contributed by atoms with E-state index in [4.69, 9.17) is 5.73 Å². The van der Waals surface area contributed by atoms with E-state index in [2.05, 4.69) is 17.2 Å². The molecule has 1 unspecified atom stereocenters. The Kier molecular flexibility index (Phi) is 6.25. The van der Waals surface area contributed by atoms with Crippen LogP contribution in [-0.4, -0.2) is 24.0 Å². The van der Waals surface area contributed by atoms with Gasteiger partial charge in [0.05, 0.1) is 0 Å². The van der Waals surface area contributed by atoms with E-state index >= 15 is 0 Å². The zero-order valence-corrected chi connectivity index (χ0v) is 10.4. The van der Waals surface area contributed by atoms with E-state index in [9.17, 15) is 4.79 Å². The SMILES string of the molecule is CC(CN)CCC(=O)NCCc1cccnc1.